The van der Waals surface area contributed by atoms with Crippen molar-refractivity contribution in [3.63, 3.8) is 0 Å². The van der Waals surface area contributed by atoms with Crippen LogP contribution >= 0.6 is 0 Å². The molecule has 1 rings (SSSR count). The van der Waals surface area contributed by atoms with Gasteiger partial charge in [0, 0.05) is 12.1 Å². The highest BCUT2D eigenvalue weighted by Gasteiger charge is 2.33. The Morgan fingerprint density at radius 3 is 2.75 bits per heavy atom. The smallest absolute Gasteiger partial charge is 0.227 e. The predicted molar refractivity (Wildman–Crippen MR) is 64.3 cm³/mol. The molecule has 1 saturated heterocycles. The van der Waals surface area contributed by atoms with E-state index in [2.05, 4.69) is 24.5 Å². The van der Waals surface area contributed by atoms with Crippen LogP contribution in [0.15, 0.2) is 0 Å². The Morgan fingerprint density at radius 1 is 1.44 bits per heavy atom. The summed E-state index contributed by atoms with van der Waals surface area (Å²) >= 11 is 0. The van der Waals surface area contributed by atoms with Crippen LogP contribution in [0.2, 0.25) is 0 Å². The van der Waals surface area contributed by atoms with Crippen LogP contribution in [0.5, 0.6) is 0 Å². The highest BCUT2D eigenvalue weighted by Crippen LogP contribution is 2.14. The first-order valence-electron chi connectivity index (χ1n) is 6.28. The lowest BCUT2D eigenvalue weighted by atomic mass is 10.0. The highest BCUT2D eigenvalue weighted by atomic mass is 16.5. The molecule has 2 N–H and O–H groups in total. The molecular formula is C12H24N2O2. The Hall–Kier alpha value is -0.610. The Labute approximate surface area is 98.1 Å². The highest BCUT2D eigenvalue weighted by molar-refractivity contribution is 5.80. The summed E-state index contributed by atoms with van der Waals surface area (Å²) in [6.45, 7) is 5.43. The van der Waals surface area contributed by atoms with Gasteiger partial charge in [-0.15, -0.1) is 0 Å². The molecule has 0 aromatic heterocycles. The molecule has 1 fully saturated rings. The summed E-state index contributed by atoms with van der Waals surface area (Å²) in [6.07, 6.45) is 3.16. The van der Waals surface area contributed by atoms with Gasteiger partial charge in [0.25, 0.3) is 0 Å². The maximum atomic E-state index is 12.0. The maximum Gasteiger partial charge on any atom is 0.227 e. The number of hydrogen-bond donors (Lipinski definition) is 2. The summed E-state index contributed by atoms with van der Waals surface area (Å²) in [5.41, 5.74) is 0. The lowest BCUT2D eigenvalue weighted by Gasteiger charge is -2.21. The fourth-order valence-corrected chi connectivity index (χ4v) is 2.13. The lowest BCUT2D eigenvalue weighted by molar-refractivity contribution is -0.126. The molecule has 0 saturated carbocycles. The molecule has 0 radical (unpaired) electrons. The van der Waals surface area contributed by atoms with Gasteiger partial charge in [-0.25, -0.2) is 0 Å². The summed E-state index contributed by atoms with van der Waals surface area (Å²) in [6, 6.07) is 0.481. The van der Waals surface area contributed by atoms with Crippen molar-refractivity contribution in [1.82, 2.24) is 10.6 Å². The van der Waals surface area contributed by atoms with Gasteiger partial charge in [-0.2, -0.15) is 0 Å². The van der Waals surface area contributed by atoms with Gasteiger partial charge in [-0.3, -0.25) is 4.79 Å². The van der Waals surface area contributed by atoms with Crippen molar-refractivity contribution in [3.8, 4) is 0 Å². The predicted octanol–water partition coefficient (Wildman–Crippen LogP) is 0.916. The van der Waals surface area contributed by atoms with Crippen molar-refractivity contribution in [2.45, 2.75) is 45.2 Å². The Balaban J connectivity index is 2.43. The van der Waals surface area contributed by atoms with E-state index in [0.29, 0.717) is 19.3 Å². The summed E-state index contributed by atoms with van der Waals surface area (Å²) in [5, 5.41) is 6.25. The van der Waals surface area contributed by atoms with E-state index in [0.717, 1.165) is 19.3 Å². The van der Waals surface area contributed by atoms with Crippen LogP contribution in [0.1, 0.15) is 33.1 Å². The van der Waals surface area contributed by atoms with Crippen LogP contribution in [-0.2, 0) is 9.53 Å². The second-order valence-corrected chi connectivity index (χ2v) is 4.44. The molecule has 1 amide bonds. The van der Waals surface area contributed by atoms with E-state index >= 15 is 0 Å². The average molecular weight is 228 g/mol. The Bertz CT molecular complexity index is 221. The zero-order chi connectivity index (χ0) is 12.0. The van der Waals surface area contributed by atoms with Crippen LogP contribution in [-0.4, -0.2) is 38.3 Å². The molecule has 1 heterocycles. The molecule has 1 aliphatic heterocycles. The third-order valence-electron chi connectivity index (χ3n) is 3.26. The van der Waals surface area contributed by atoms with Gasteiger partial charge in [-0.1, -0.05) is 20.3 Å². The number of likely N-dealkylation sites (N-methyl/N-ethyl adjacent to an activating group) is 1. The number of amides is 1. The minimum Gasteiger partial charge on any atom is -0.379 e. The molecule has 0 aromatic carbocycles. The van der Waals surface area contributed by atoms with Gasteiger partial charge in [0.05, 0.1) is 19.1 Å². The van der Waals surface area contributed by atoms with E-state index in [4.69, 9.17) is 4.74 Å². The summed E-state index contributed by atoms with van der Waals surface area (Å²) < 4.78 is 5.33. The van der Waals surface area contributed by atoms with Crippen molar-refractivity contribution >= 4 is 5.91 Å². The molecule has 16 heavy (non-hydrogen) atoms. The number of ether oxygens (including phenoxy) is 1. The molecule has 0 spiro atoms. The molecule has 0 aromatic rings. The van der Waals surface area contributed by atoms with Crippen molar-refractivity contribution < 1.29 is 9.53 Å². The fraction of sp³-hybridized carbons (Fsp3) is 0.917. The van der Waals surface area contributed by atoms with Crippen molar-refractivity contribution in [1.29, 1.82) is 0 Å². The number of nitrogens with one attached hydrogen (secondary N) is 2. The van der Waals surface area contributed by atoms with E-state index in [1.54, 1.807) is 0 Å². The first kappa shape index (κ1) is 13.5. The monoisotopic (exact) mass is 228 g/mol. The molecule has 0 aliphatic carbocycles. The van der Waals surface area contributed by atoms with Crippen LogP contribution in [0.25, 0.3) is 0 Å². The summed E-state index contributed by atoms with van der Waals surface area (Å²) in [5.74, 6) is 0.105. The SMILES string of the molecule is CCCC(CC)NC(=O)C1COCC1NC. The molecule has 94 valence electrons. The van der Waals surface area contributed by atoms with Gasteiger partial charge in [0.1, 0.15) is 0 Å². The van der Waals surface area contributed by atoms with Crippen molar-refractivity contribution in [2.24, 2.45) is 5.92 Å². The number of rotatable bonds is 6. The topological polar surface area (TPSA) is 50.4 Å². The van der Waals surface area contributed by atoms with Gasteiger partial charge >= 0.3 is 0 Å². The summed E-state index contributed by atoms with van der Waals surface area (Å²) in [4.78, 5) is 12.0. The number of carbonyl (C=O) groups excluding carboxylic acids is 1. The van der Waals surface area contributed by atoms with Crippen LogP contribution < -0.4 is 10.6 Å². The maximum absolute atomic E-state index is 12.0. The second-order valence-electron chi connectivity index (χ2n) is 4.44. The molecule has 3 atom stereocenters. The van der Waals surface area contributed by atoms with Crippen molar-refractivity contribution in [2.75, 3.05) is 20.3 Å². The molecule has 0 bridgehead atoms. The average Bonchev–Trinajstić information content (AvgIpc) is 2.76. The van der Waals surface area contributed by atoms with E-state index in [1.807, 2.05) is 7.05 Å². The molecule has 4 nitrogen and oxygen atoms in total. The lowest BCUT2D eigenvalue weighted by Crippen LogP contribution is -2.45. The van der Waals surface area contributed by atoms with Gasteiger partial charge in [0.15, 0.2) is 0 Å². The molecule has 4 heteroatoms. The molecule has 3 unspecified atom stereocenters. The Morgan fingerprint density at radius 2 is 2.19 bits per heavy atom. The van der Waals surface area contributed by atoms with Gasteiger partial charge in [-0.05, 0) is 19.9 Å². The Kier molecular flexibility index (Phi) is 5.77. The minimum atomic E-state index is -0.0316. The fourth-order valence-electron chi connectivity index (χ4n) is 2.13. The zero-order valence-electron chi connectivity index (χ0n) is 10.6. The second kappa shape index (κ2) is 6.86. The largest absolute Gasteiger partial charge is 0.379 e. The molecular weight excluding hydrogens is 204 g/mol. The summed E-state index contributed by atoms with van der Waals surface area (Å²) in [7, 11) is 1.88. The van der Waals surface area contributed by atoms with Crippen molar-refractivity contribution in [3.05, 3.63) is 0 Å². The quantitative estimate of drug-likeness (QED) is 0.710. The first-order valence-corrected chi connectivity index (χ1v) is 6.28. The molecule has 1 aliphatic rings. The number of carbonyl (C=O) groups is 1. The standard InChI is InChI=1S/C12H24N2O2/c1-4-6-9(5-2)14-12(15)10-7-16-8-11(10)13-3/h9-11,13H,4-8H2,1-3H3,(H,14,15). The third-order valence-corrected chi connectivity index (χ3v) is 3.26. The first-order chi connectivity index (χ1) is 7.72. The van der Waals surface area contributed by atoms with Gasteiger partial charge < -0.3 is 15.4 Å². The van der Waals surface area contributed by atoms with E-state index in [9.17, 15) is 4.79 Å². The van der Waals surface area contributed by atoms with Crippen LogP contribution in [0, 0.1) is 5.92 Å². The van der Waals surface area contributed by atoms with Crippen LogP contribution in [0.4, 0.5) is 0 Å². The zero-order valence-corrected chi connectivity index (χ0v) is 10.6. The van der Waals surface area contributed by atoms with E-state index < -0.39 is 0 Å². The normalized spacial score (nSPS) is 26.7. The van der Waals surface area contributed by atoms with E-state index in [-0.39, 0.29) is 17.9 Å². The minimum absolute atomic E-state index is 0.0316. The van der Waals surface area contributed by atoms with E-state index in [1.165, 1.54) is 0 Å². The van der Waals surface area contributed by atoms with Crippen LogP contribution in [0.3, 0.4) is 0 Å². The number of hydrogen-bond acceptors (Lipinski definition) is 3. The van der Waals surface area contributed by atoms with Gasteiger partial charge in [0.2, 0.25) is 5.91 Å². The third kappa shape index (κ3) is 3.46.